The van der Waals surface area contributed by atoms with Gasteiger partial charge in [-0.2, -0.15) is 13.2 Å². The molecule has 1 aliphatic carbocycles. The van der Waals surface area contributed by atoms with Crippen LogP contribution in [0.25, 0.3) is 0 Å². The third-order valence-corrected chi connectivity index (χ3v) is 7.32. The minimum Gasteiger partial charge on any atom is -0.400 e. The van der Waals surface area contributed by atoms with Gasteiger partial charge in [-0.3, -0.25) is 15.3 Å². The van der Waals surface area contributed by atoms with E-state index in [1.54, 1.807) is 48.5 Å². The average molecular weight is 594 g/mol. The van der Waals surface area contributed by atoms with Gasteiger partial charge in [0.2, 0.25) is 0 Å². The number of benzene rings is 2. The minimum atomic E-state index is -4.53. The molecule has 222 valence electrons. The molecule has 0 aliphatic heterocycles. The number of aliphatic imine (C=N–C) groups is 1. The molecule has 2 aromatic rings. The second kappa shape index (κ2) is 12.6. The fourth-order valence-electron chi connectivity index (χ4n) is 4.42. The molecular formula is C29H35ClF3N5O3. The number of nitrogens with zero attached hydrogens (tertiary/aromatic N) is 2. The summed E-state index contributed by atoms with van der Waals surface area (Å²) in [6.07, 6.45) is -5.48. The normalized spacial score (nSPS) is 20.1. The molecule has 0 saturated heterocycles. The summed E-state index contributed by atoms with van der Waals surface area (Å²) in [6.45, 7) is 3.84. The van der Waals surface area contributed by atoms with Crippen molar-refractivity contribution in [1.82, 2.24) is 10.2 Å². The lowest BCUT2D eigenvalue weighted by Crippen LogP contribution is -2.53. The maximum atomic E-state index is 13.1. The van der Waals surface area contributed by atoms with E-state index in [0.717, 1.165) is 10.5 Å². The summed E-state index contributed by atoms with van der Waals surface area (Å²) in [7, 11) is 0. The highest BCUT2D eigenvalue weighted by Gasteiger charge is 2.46. The van der Waals surface area contributed by atoms with Crippen LogP contribution in [0.2, 0.25) is 5.02 Å². The van der Waals surface area contributed by atoms with Gasteiger partial charge in [-0.05, 0) is 57.4 Å². The third kappa shape index (κ3) is 8.54. The lowest BCUT2D eigenvalue weighted by Gasteiger charge is -2.43. The SMILES string of the molecule is Cc1ccc(C(=N)N(CCC(F)(F)F)C(=O)NC/C(N)=C2\CCC(O)(C(C)(C)O)CC2=Nc2cccc(Cl)c2)cc1. The molecule has 2 amide bonds. The number of amidine groups is 1. The molecule has 1 saturated carbocycles. The molecular weight excluding hydrogens is 559 g/mol. The third-order valence-electron chi connectivity index (χ3n) is 7.08. The van der Waals surface area contributed by atoms with Crippen molar-refractivity contribution in [1.29, 1.82) is 5.41 Å². The summed E-state index contributed by atoms with van der Waals surface area (Å²) in [6, 6.07) is 12.3. The van der Waals surface area contributed by atoms with E-state index < -0.39 is 36.4 Å². The second-order valence-electron chi connectivity index (χ2n) is 10.7. The van der Waals surface area contributed by atoms with E-state index in [9.17, 15) is 28.2 Å². The Balaban J connectivity index is 1.88. The molecule has 2 aromatic carbocycles. The maximum absolute atomic E-state index is 13.1. The van der Waals surface area contributed by atoms with Crippen LogP contribution in [-0.2, 0) is 0 Å². The Labute approximate surface area is 242 Å². The Morgan fingerprint density at radius 1 is 1.22 bits per heavy atom. The van der Waals surface area contributed by atoms with Crippen LogP contribution in [0.15, 0.2) is 64.8 Å². The summed E-state index contributed by atoms with van der Waals surface area (Å²) in [5.41, 5.74) is 6.20. The molecule has 3 rings (SSSR count). The number of amides is 2. The lowest BCUT2D eigenvalue weighted by atomic mass is 9.71. The molecule has 0 bridgehead atoms. The van der Waals surface area contributed by atoms with E-state index in [1.807, 2.05) is 6.92 Å². The zero-order valence-corrected chi connectivity index (χ0v) is 23.9. The van der Waals surface area contributed by atoms with Crippen LogP contribution in [0.3, 0.4) is 0 Å². The molecule has 0 spiro atoms. The molecule has 8 nitrogen and oxygen atoms in total. The van der Waals surface area contributed by atoms with Gasteiger partial charge in [0.15, 0.2) is 0 Å². The Kier molecular flexibility index (Phi) is 9.89. The number of halogens is 4. The molecule has 12 heteroatoms. The number of carbonyl (C=O) groups excluding carboxylic acids is 1. The van der Waals surface area contributed by atoms with Gasteiger partial charge in [-0.15, -0.1) is 0 Å². The van der Waals surface area contributed by atoms with Crippen LogP contribution in [0.1, 0.15) is 50.7 Å². The van der Waals surface area contributed by atoms with Gasteiger partial charge < -0.3 is 21.3 Å². The van der Waals surface area contributed by atoms with E-state index >= 15 is 0 Å². The molecule has 1 aliphatic rings. The van der Waals surface area contributed by atoms with E-state index in [-0.39, 0.29) is 42.9 Å². The summed E-state index contributed by atoms with van der Waals surface area (Å²) in [5.74, 6) is -0.380. The van der Waals surface area contributed by atoms with Gasteiger partial charge in [-0.1, -0.05) is 47.5 Å². The zero-order chi connectivity index (χ0) is 30.6. The number of nitrogens with two attached hydrogens (primary N) is 1. The highest BCUT2D eigenvalue weighted by atomic mass is 35.5. The molecule has 1 unspecified atom stereocenters. The van der Waals surface area contributed by atoms with Crippen molar-refractivity contribution in [3.8, 4) is 0 Å². The number of nitrogens with one attached hydrogen (secondary N) is 2. The van der Waals surface area contributed by atoms with Gasteiger partial charge in [-0.25, -0.2) is 4.79 Å². The van der Waals surface area contributed by atoms with Crippen molar-refractivity contribution in [2.24, 2.45) is 10.7 Å². The van der Waals surface area contributed by atoms with Gasteiger partial charge in [0.1, 0.15) is 5.84 Å². The van der Waals surface area contributed by atoms with Crippen LogP contribution in [0.5, 0.6) is 0 Å². The van der Waals surface area contributed by atoms with Crippen molar-refractivity contribution < 1.29 is 28.2 Å². The molecule has 0 radical (unpaired) electrons. The topological polar surface area (TPSA) is 135 Å². The van der Waals surface area contributed by atoms with Crippen LogP contribution in [-0.4, -0.2) is 63.2 Å². The summed E-state index contributed by atoms with van der Waals surface area (Å²) >= 11 is 6.10. The number of aryl methyl sites for hydroxylation is 1. The van der Waals surface area contributed by atoms with Gasteiger partial charge in [0.25, 0.3) is 0 Å². The fourth-order valence-corrected chi connectivity index (χ4v) is 4.60. The molecule has 1 fully saturated rings. The molecule has 41 heavy (non-hydrogen) atoms. The predicted octanol–water partition coefficient (Wildman–Crippen LogP) is 5.61. The Morgan fingerprint density at radius 3 is 2.46 bits per heavy atom. The van der Waals surface area contributed by atoms with Crippen LogP contribution < -0.4 is 11.1 Å². The van der Waals surface area contributed by atoms with Crippen LogP contribution in [0, 0.1) is 12.3 Å². The van der Waals surface area contributed by atoms with Crippen molar-refractivity contribution in [2.75, 3.05) is 13.1 Å². The lowest BCUT2D eigenvalue weighted by molar-refractivity contribution is -0.135. The number of hydrogen-bond donors (Lipinski definition) is 5. The van der Waals surface area contributed by atoms with Gasteiger partial charge in [0, 0.05) is 35.0 Å². The molecule has 6 N–H and O–H groups in total. The number of urea groups is 1. The first-order valence-corrected chi connectivity index (χ1v) is 13.4. The first-order valence-electron chi connectivity index (χ1n) is 13.0. The van der Waals surface area contributed by atoms with Crippen molar-refractivity contribution in [2.45, 2.75) is 63.8 Å². The number of carbonyl (C=O) groups is 1. The van der Waals surface area contributed by atoms with E-state index in [4.69, 9.17) is 22.7 Å². The van der Waals surface area contributed by atoms with Crippen LogP contribution >= 0.6 is 11.6 Å². The summed E-state index contributed by atoms with van der Waals surface area (Å²) in [5, 5.41) is 33.2. The standard InChI is InChI=1S/C29H35ClF3N5O3/c1-18-7-9-19(10-8-18)25(35)38(14-13-29(31,32)33)26(39)36-17-23(34)22-11-12-28(41,27(2,3)40)16-24(22)37-21-6-4-5-20(30)15-21/h4-10,15,35,40-41H,11-14,16-17,34H2,1-3H3,(H,36,39)/b23-22-,35-25?,37-24?. The smallest absolute Gasteiger partial charge is 0.390 e. The Morgan fingerprint density at radius 2 is 1.88 bits per heavy atom. The van der Waals surface area contributed by atoms with E-state index in [2.05, 4.69) is 10.3 Å². The Hall–Kier alpha value is -3.41. The Bertz CT molecular complexity index is 1340. The first-order chi connectivity index (χ1) is 19.0. The van der Waals surface area contributed by atoms with Crippen molar-refractivity contribution >= 4 is 34.9 Å². The number of hydrogen-bond acceptors (Lipinski definition) is 6. The number of alkyl halides is 3. The zero-order valence-electron chi connectivity index (χ0n) is 23.1. The van der Waals surface area contributed by atoms with Crippen molar-refractivity contribution in [3.05, 3.63) is 76.0 Å². The monoisotopic (exact) mass is 593 g/mol. The van der Waals surface area contributed by atoms with Crippen LogP contribution in [0.4, 0.5) is 23.7 Å². The highest BCUT2D eigenvalue weighted by Crippen LogP contribution is 2.39. The quantitative estimate of drug-likeness (QED) is 0.211. The molecule has 0 heterocycles. The predicted molar refractivity (Wildman–Crippen MR) is 154 cm³/mol. The summed E-state index contributed by atoms with van der Waals surface area (Å²) < 4.78 is 39.1. The fraction of sp³-hybridized carbons (Fsp3) is 0.414. The number of allylic oxidation sites excluding steroid dienone is 1. The number of rotatable bonds is 7. The average Bonchev–Trinajstić information content (AvgIpc) is 2.86. The first kappa shape index (κ1) is 32.1. The molecule has 1 atom stereocenters. The highest BCUT2D eigenvalue weighted by molar-refractivity contribution is 6.30. The minimum absolute atomic E-state index is 0.0389. The molecule has 0 aromatic heterocycles. The second-order valence-corrected chi connectivity index (χ2v) is 11.1. The number of aliphatic hydroxyl groups is 2. The van der Waals surface area contributed by atoms with Crippen molar-refractivity contribution in [3.63, 3.8) is 0 Å². The van der Waals surface area contributed by atoms with E-state index in [0.29, 0.717) is 22.0 Å². The van der Waals surface area contributed by atoms with Gasteiger partial charge >= 0.3 is 12.2 Å². The maximum Gasteiger partial charge on any atom is 0.390 e. The summed E-state index contributed by atoms with van der Waals surface area (Å²) in [4.78, 5) is 18.4. The van der Waals surface area contributed by atoms with E-state index in [1.165, 1.54) is 13.8 Å². The largest absolute Gasteiger partial charge is 0.400 e. The van der Waals surface area contributed by atoms with Gasteiger partial charge in [0.05, 0.1) is 29.9 Å².